The monoisotopic (exact) mass is 529 g/mol. The number of hydrogen-bond donors (Lipinski definition) is 0. The molecule has 0 radical (unpaired) electrons. The number of ether oxygens (including phenoxy) is 2. The lowest BCUT2D eigenvalue weighted by Gasteiger charge is -2.27. The van der Waals surface area contributed by atoms with Crippen LogP contribution in [-0.4, -0.2) is 29.2 Å². The summed E-state index contributed by atoms with van der Waals surface area (Å²) in [7, 11) is 1.54. The average molecular weight is 530 g/mol. The van der Waals surface area contributed by atoms with Crippen molar-refractivity contribution in [2.45, 2.75) is 19.9 Å². The molecule has 0 N–H and O–H groups in total. The molecule has 1 atom stereocenters. The topological polar surface area (TPSA) is 113 Å². The van der Waals surface area contributed by atoms with Crippen LogP contribution >= 0.6 is 11.3 Å². The van der Waals surface area contributed by atoms with Crippen LogP contribution in [0, 0.1) is 10.1 Å². The normalized spacial score (nSPS) is 15.2. The van der Waals surface area contributed by atoms with E-state index in [1.165, 1.54) is 16.7 Å². The third-order valence-electron chi connectivity index (χ3n) is 6.32. The maximum absolute atomic E-state index is 13.9. The van der Waals surface area contributed by atoms with Crippen molar-refractivity contribution in [3.05, 3.63) is 113 Å². The molecule has 1 aromatic heterocycles. The fourth-order valence-corrected chi connectivity index (χ4v) is 5.73. The molecule has 0 bridgehead atoms. The number of benzene rings is 3. The number of esters is 1. The van der Waals surface area contributed by atoms with Crippen LogP contribution in [0.25, 0.3) is 16.8 Å². The van der Waals surface area contributed by atoms with Gasteiger partial charge in [-0.15, -0.1) is 0 Å². The van der Waals surface area contributed by atoms with Crippen molar-refractivity contribution in [1.29, 1.82) is 0 Å². The second kappa shape index (κ2) is 10.1. The molecule has 5 rings (SSSR count). The van der Waals surface area contributed by atoms with Gasteiger partial charge in [-0.1, -0.05) is 53.8 Å². The van der Waals surface area contributed by atoms with Gasteiger partial charge in [-0.25, -0.2) is 9.79 Å². The largest absolute Gasteiger partial charge is 0.496 e. The van der Waals surface area contributed by atoms with Gasteiger partial charge < -0.3 is 9.47 Å². The third kappa shape index (κ3) is 4.28. The van der Waals surface area contributed by atoms with E-state index in [9.17, 15) is 19.7 Å². The molecule has 1 aliphatic heterocycles. The highest BCUT2D eigenvalue weighted by Gasteiger charge is 2.36. The Bertz CT molecular complexity index is 1820. The summed E-state index contributed by atoms with van der Waals surface area (Å²) in [5.74, 6) is -0.0554. The minimum absolute atomic E-state index is 0.0784. The second-order valence-corrected chi connectivity index (χ2v) is 9.57. The van der Waals surface area contributed by atoms with E-state index in [0.717, 1.165) is 22.1 Å². The molecule has 0 saturated heterocycles. The van der Waals surface area contributed by atoms with E-state index in [4.69, 9.17) is 9.47 Å². The number of allylic oxidation sites excluding steroid dienone is 1. The van der Waals surface area contributed by atoms with E-state index >= 15 is 0 Å². The Morgan fingerprint density at radius 1 is 1.18 bits per heavy atom. The number of rotatable bonds is 6. The molecule has 1 unspecified atom stereocenters. The van der Waals surface area contributed by atoms with Crippen molar-refractivity contribution in [2.24, 2.45) is 4.99 Å². The summed E-state index contributed by atoms with van der Waals surface area (Å²) in [6.45, 7) is 3.59. The van der Waals surface area contributed by atoms with Crippen molar-refractivity contribution in [3.8, 4) is 5.75 Å². The van der Waals surface area contributed by atoms with Crippen LogP contribution in [0.3, 0.4) is 0 Å². The molecule has 0 amide bonds. The number of nitro benzene ring substituents is 1. The number of methoxy groups -OCH3 is 1. The van der Waals surface area contributed by atoms with Crippen molar-refractivity contribution in [1.82, 2.24) is 4.57 Å². The standard InChI is InChI=1S/C28H23N3O6S/c1-4-37-27(33)23-16(2)29-28-30(25(23)24-20-11-6-5-9-18(20)12-13-21(24)36-3)26(32)22(38-28)15-17-8-7-10-19(14-17)31(34)35/h5-15,25H,4H2,1-3H3. The quantitative estimate of drug-likeness (QED) is 0.213. The zero-order valence-corrected chi connectivity index (χ0v) is 21.7. The fraction of sp³-hybridized carbons (Fsp3) is 0.179. The predicted octanol–water partition coefficient (Wildman–Crippen LogP) is 3.87. The van der Waals surface area contributed by atoms with Crippen LogP contribution in [0.5, 0.6) is 5.75 Å². The number of thiazole rings is 1. The molecule has 2 heterocycles. The van der Waals surface area contributed by atoms with Gasteiger partial charge in [-0.3, -0.25) is 19.5 Å². The Morgan fingerprint density at radius 3 is 2.71 bits per heavy atom. The molecule has 0 aliphatic carbocycles. The lowest BCUT2D eigenvalue weighted by molar-refractivity contribution is -0.384. The zero-order chi connectivity index (χ0) is 27.0. The highest BCUT2D eigenvalue weighted by Crippen LogP contribution is 2.40. The van der Waals surface area contributed by atoms with Crippen molar-refractivity contribution < 1.29 is 19.2 Å². The van der Waals surface area contributed by atoms with Crippen LogP contribution in [0.1, 0.15) is 31.0 Å². The average Bonchev–Trinajstić information content (AvgIpc) is 3.21. The summed E-state index contributed by atoms with van der Waals surface area (Å²) in [4.78, 5) is 43.0. The summed E-state index contributed by atoms with van der Waals surface area (Å²) >= 11 is 1.15. The summed E-state index contributed by atoms with van der Waals surface area (Å²) in [5.41, 5.74) is 1.37. The highest BCUT2D eigenvalue weighted by molar-refractivity contribution is 7.07. The van der Waals surface area contributed by atoms with Crippen molar-refractivity contribution in [3.63, 3.8) is 0 Å². The van der Waals surface area contributed by atoms with Gasteiger partial charge in [-0.05, 0) is 42.3 Å². The Balaban J connectivity index is 1.83. The molecule has 9 nitrogen and oxygen atoms in total. The third-order valence-corrected chi connectivity index (χ3v) is 7.30. The summed E-state index contributed by atoms with van der Waals surface area (Å²) < 4.78 is 12.9. The number of non-ortho nitro benzene ring substituents is 1. The minimum atomic E-state index is -0.862. The lowest BCUT2D eigenvalue weighted by Crippen LogP contribution is -2.40. The van der Waals surface area contributed by atoms with Crippen LogP contribution in [-0.2, 0) is 9.53 Å². The smallest absolute Gasteiger partial charge is 0.338 e. The molecule has 4 aromatic rings. The number of carbonyl (C=O) groups excluding carboxylic acids is 1. The van der Waals surface area contributed by atoms with Gasteiger partial charge in [-0.2, -0.15) is 0 Å². The fourth-order valence-electron chi connectivity index (χ4n) is 4.68. The number of nitro groups is 1. The predicted molar refractivity (Wildman–Crippen MR) is 144 cm³/mol. The number of nitrogens with zero attached hydrogens (tertiary/aromatic N) is 3. The molecule has 0 spiro atoms. The number of hydrogen-bond acceptors (Lipinski definition) is 8. The Hall–Kier alpha value is -4.57. The molecule has 3 aromatic carbocycles. The first kappa shape index (κ1) is 25.1. The van der Waals surface area contributed by atoms with E-state index in [2.05, 4.69) is 4.99 Å². The van der Waals surface area contributed by atoms with E-state index in [1.54, 1.807) is 39.2 Å². The van der Waals surface area contributed by atoms with Crippen LogP contribution < -0.4 is 19.6 Å². The first-order valence-corrected chi connectivity index (χ1v) is 12.7. The number of aromatic nitrogens is 1. The van der Waals surface area contributed by atoms with Gasteiger partial charge >= 0.3 is 5.97 Å². The first-order chi connectivity index (χ1) is 18.3. The van der Waals surface area contributed by atoms with Gasteiger partial charge in [0.1, 0.15) is 11.8 Å². The van der Waals surface area contributed by atoms with E-state index < -0.39 is 16.9 Å². The molecular weight excluding hydrogens is 506 g/mol. The molecule has 0 saturated carbocycles. The molecule has 10 heteroatoms. The zero-order valence-electron chi connectivity index (χ0n) is 20.8. The van der Waals surface area contributed by atoms with Gasteiger partial charge in [0.2, 0.25) is 0 Å². The molecule has 38 heavy (non-hydrogen) atoms. The molecule has 0 fully saturated rings. The summed E-state index contributed by atoms with van der Waals surface area (Å²) in [6, 6.07) is 16.6. The van der Waals surface area contributed by atoms with E-state index in [-0.39, 0.29) is 23.4 Å². The number of fused-ring (bicyclic) bond motifs is 2. The lowest BCUT2D eigenvalue weighted by atomic mass is 9.90. The van der Waals surface area contributed by atoms with Gasteiger partial charge in [0.25, 0.3) is 11.2 Å². The summed E-state index contributed by atoms with van der Waals surface area (Å²) in [6.07, 6.45) is 1.59. The van der Waals surface area contributed by atoms with Crippen LogP contribution in [0.15, 0.2) is 81.7 Å². The molecular formula is C28H23N3O6S. The highest BCUT2D eigenvalue weighted by atomic mass is 32.1. The Labute approximate surface area is 220 Å². The van der Waals surface area contributed by atoms with Gasteiger partial charge in [0, 0.05) is 17.7 Å². The van der Waals surface area contributed by atoms with Crippen LogP contribution in [0.2, 0.25) is 0 Å². The first-order valence-electron chi connectivity index (χ1n) is 11.8. The molecule has 192 valence electrons. The Kier molecular flexibility index (Phi) is 6.64. The Morgan fingerprint density at radius 2 is 1.97 bits per heavy atom. The van der Waals surface area contributed by atoms with Crippen LogP contribution in [0.4, 0.5) is 5.69 Å². The maximum Gasteiger partial charge on any atom is 0.338 e. The SMILES string of the molecule is CCOC(=O)C1=C(C)N=c2sc(=Cc3cccc([N+](=O)[O-])c3)c(=O)n2C1c1c(OC)ccc2ccccc12. The van der Waals surface area contributed by atoms with Crippen molar-refractivity contribution in [2.75, 3.05) is 13.7 Å². The van der Waals surface area contributed by atoms with Gasteiger partial charge in [0.15, 0.2) is 4.80 Å². The molecule has 1 aliphatic rings. The maximum atomic E-state index is 13.9. The summed E-state index contributed by atoms with van der Waals surface area (Å²) in [5, 5.41) is 13.0. The number of carbonyl (C=O) groups is 1. The van der Waals surface area contributed by atoms with Crippen molar-refractivity contribution >= 4 is 39.8 Å². The minimum Gasteiger partial charge on any atom is -0.496 e. The van der Waals surface area contributed by atoms with E-state index in [0.29, 0.717) is 31.9 Å². The van der Waals surface area contributed by atoms with E-state index in [1.807, 2.05) is 36.4 Å². The second-order valence-electron chi connectivity index (χ2n) is 8.56. The van der Waals surface area contributed by atoms with Gasteiger partial charge in [0.05, 0.1) is 34.4 Å².